The first kappa shape index (κ1) is 52.7. The maximum absolute atomic E-state index is 17.1. The molecule has 16 nitrogen and oxygen atoms in total. The lowest BCUT2D eigenvalue weighted by atomic mass is 9.85. The van der Waals surface area contributed by atoms with E-state index >= 15 is 4.39 Å². The fraction of sp³-hybridized carbons (Fsp3) is 0.525. The summed E-state index contributed by atoms with van der Waals surface area (Å²) in [4.78, 5) is 70.1. The van der Waals surface area contributed by atoms with Gasteiger partial charge >= 0.3 is 12.2 Å². The molecule has 0 saturated carbocycles. The summed E-state index contributed by atoms with van der Waals surface area (Å²) in [7, 11) is 2.62. The van der Waals surface area contributed by atoms with Gasteiger partial charge in [0.1, 0.15) is 23.7 Å². The van der Waals surface area contributed by atoms with Crippen LogP contribution < -0.4 is 15.4 Å². The maximum atomic E-state index is 17.1. The quantitative estimate of drug-likeness (QED) is 0.140. The van der Waals surface area contributed by atoms with Crippen molar-refractivity contribution in [2.45, 2.75) is 160 Å². The molecule has 2 aromatic heterocycles. The molecule has 11 atom stereocenters. The maximum Gasteiger partial charge on any atom is 0.407 e. The summed E-state index contributed by atoms with van der Waals surface area (Å²) in [6.07, 6.45) is 9.24. The van der Waals surface area contributed by atoms with Crippen molar-refractivity contribution in [3.63, 3.8) is 0 Å². The highest BCUT2D eigenvalue weighted by molar-refractivity contribution is 7.12. The minimum Gasteiger partial charge on any atom is -0.464 e. The number of methoxy groups -OCH3 is 2. The molecule has 7 aliphatic heterocycles. The number of ether oxygens (including phenoxy) is 5. The smallest absolute Gasteiger partial charge is 0.407 e. The highest BCUT2D eigenvalue weighted by Crippen LogP contribution is 2.49. The van der Waals surface area contributed by atoms with Gasteiger partial charge in [0.25, 0.3) is 0 Å². The van der Waals surface area contributed by atoms with E-state index in [1.165, 1.54) is 19.1 Å². The van der Waals surface area contributed by atoms with Crippen LogP contribution in [0, 0.1) is 17.7 Å². The number of amides is 4. The van der Waals surface area contributed by atoms with Crippen LogP contribution in [0.5, 0.6) is 5.75 Å². The van der Waals surface area contributed by atoms with Crippen LogP contribution >= 0.6 is 11.3 Å². The largest absolute Gasteiger partial charge is 0.464 e. The van der Waals surface area contributed by atoms with E-state index in [0.717, 1.165) is 76.0 Å². The van der Waals surface area contributed by atoms with Crippen molar-refractivity contribution in [1.29, 1.82) is 0 Å². The average Bonchev–Trinajstić information content (AvgIpc) is 4.30. The number of aryl methyl sites for hydroxylation is 1. The number of allylic oxidation sites excluding steroid dienone is 2. The Hall–Kier alpha value is -6.37. The van der Waals surface area contributed by atoms with E-state index in [4.69, 9.17) is 33.7 Å². The number of rotatable bonds is 12. The Bertz CT molecular complexity index is 3090. The van der Waals surface area contributed by atoms with E-state index in [9.17, 15) is 19.2 Å². The van der Waals surface area contributed by atoms with Gasteiger partial charge in [-0.15, -0.1) is 11.3 Å². The third-order valence-electron chi connectivity index (χ3n) is 16.9. The number of alkyl carbamates (subject to hydrolysis) is 2. The van der Waals surface area contributed by atoms with Crippen LogP contribution in [0.3, 0.4) is 0 Å². The average molecular weight is 1070 g/mol. The van der Waals surface area contributed by atoms with E-state index in [-0.39, 0.29) is 60.1 Å². The second-order valence-corrected chi connectivity index (χ2v) is 23.3. The van der Waals surface area contributed by atoms with Gasteiger partial charge in [0.05, 0.1) is 72.4 Å². The molecule has 0 radical (unpaired) electrons. The Morgan fingerprint density at radius 1 is 0.727 bits per heavy atom. The van der Waals surface area contributed by atoms with Crippen molar-refractivity contribution in [1.82, 2.24) is 25.0 Å². The Labute approximate surface area is 453 Å². The number of halogens is 1. The molecule has 0 bridgehead atoms. The van der Waals surface area contributed by atoms with Gasteiger partial charge in [0.2, 0.25) is 18.0 Å². The fourth-order valence-corrected chi connectivity index (χ4v) is 14.4. The predicted molar refractivity (Wildman–Crippen MR) is 293 cm³/mol. The van der Waals surface area contributed by atoms with Crippen molar-refractivity contribution < 1.29 is 47.3 Å². The van der Waals surface area contributed by atoms with Crippen molar-refractivity contribution in [3.8, 4) is 17.0 Å². The molecule has 0 aliphatic carbocycles. The Balaban J connectivity index is 0.833. The molecule has 4 saturated heterocycles. The van der Waals surface area contributed by atoms with Gasteiger partial charge in [0, 0.05) is 60.0 Å². The highest BCUT2D eigenvalue weighted by atomic mass is 32.1. The first-order valence-electron chi connectivity index (χ1n) is 27.5. The van der Waals surface area contributed by atoms with Gasteiger partial charge in [-0.25, -0.2) is 14.0 Å². The number of likely N-dealkylation sites (tertiary alicyclic amines) is 2. The van der Waals surface area contributed by atoms with Gasteiger partial charge in [-0.3, -0.25) is 24.1 Å². The lowest BCUT2D eigenvalue weighted by molar-refractivity contribution is -0.138. The highest BCUT2D eigenvalue weighted by Gasteiger charge is 2.45. The lowest BCUT2D eigenvalue weighted by Gasteiger charge is -2.38. The fourth-order valence-electron chi connectivity index (χ4n) is 13.4. The summed E-state index contributed by atoms with van der Waals surface area (Å²) in [5, 5.41) is 6.68. The normalized spacial score (nSPS) is 27.7. The lowest BCUT2D eigenvalue weighted by Crippen LogP contribution is -2.56. The van der Waals surface area contributed by atoms with Crippen LogP contribution in [0.4, 0.5) is 14.0 Å². The van der Waals surface area contributed by atoms with Gasteiger partial charge in [0.15, 0.2) is 0 Å². The number of hydrogen-bond donors (Lipinski definition) is 2. The molecule has 5 unspecified atom stereocenters. The van der Waals surface area contributed by atoms with E-state index in [2.05, 4.69) is 58.5 Å². The van der Waals surface area contributed by atoms with E-state index in [1.54, 1.807) is 23.6 Å². The SMILES string of the molecule is CCc1ccc(C2Oc3cc(C4=CN=C([C@@H]5CCCN5C(=O)C(NC(=O)OC)C5C[C@@H](C)O[C@@H](C)C5)C4)cc(F)c3-c3cc4cc(C5=CN=C([C@@H]6CCCN6C(=O)C(NC(=O)OC)C6C[C@@H](C)O[C@@H](C)C6)C5)ccc4n32)s1. The van der Waals surface area contributed by atoms with Crippen LogP contribution in [0.2, 0.25) is 0 Å². The first-order valence-corrected chi connectivity index (χ1v) is 28.4. The minimum atomic E-state index is -0.771. The number of carbonyl (C=O) groups excluding carboxylic acids is 4. The Morgan fingerprint density at radius 2 is 1.27 bits per heavy atom. The second-order valence-electron chi connectivity index (χ2n) is 22.1. The molecule has 2 N–H and O–H groups in total. The van der Waals surface area contributed by atoms with Crippen LogP contribution in [0.1, 0.15) is 126 Å². The molecule has 9 heterocycles. The van der Waals surface area contributed by atoms with Crippen molar-refractivity contribution in [2.24, 2.45) is 21.8 Å². The molecule has 7 aliphatic rings. The van der Waals surface area contributed by atoms with Crippen LogP contribution in [-0.4, -0.2) is 126 Å². The number of benzene rings is 2. The van der Waals surface area contributed by atoms with Crippen LogP contribution in [0.25, 0.3) is 33.3 Å². The van der Waals surface area contributed by atoms with E-state index in [0.29, 0.717) is 74.2 Å². The van der Waals surface area contributed by atoms with Crippen molar-refractivity contribution >= 4 is 68.8 Å². The first-order chi connectivity index (χ1) is 37.2. The second kappa shape index (κ2) is 21.8. The zero-order valence-electron chi connectivity index (χ0n) is 45.0. The molecular formula is C59H70FN7O9S. The molecule has 18 heteroatoms. The van der Waals surface area contributed by atoms with Crippen LogP contribution in [-0.2, 0) is 35.0 Å². The number of nitrogens with zero attached hydrogens (tertiary/aromatic N) is 5. The van der Waals surface area contributed by atoms with E-state index in [1.807, 2.05) is 49.8 Å². The molecule has 0 spiro atoms. The van der Waals surface area contributed by atoms with Gasteiger partial charge < -0.3 is 44.1 Å². The molecule has 77 heavy (non-hydrogen) atoms. The molecular weight excluding hydrogens is 1000 g/mol. The summed E-state index contributed by atoms with van der Waals surface area (Å²) in [5.41, 5.74) is 7.23. The molecule has 2 aromatic carbocycles. The third-order valence-corrected chi connectivity index (χ3v) is 18.1. The molecule has 4 fully saturated rings. The molecule has 11 rings (SSSR count). The zero-order valence-corrected chi connectivity index (χ0v) is 45.8. The van der Waals surface area contributed by atoms with E-state index < -0.39 is 36.3 Å². The monoisotopic (exact) mass is 1070 g/mol. The summed E-state index contributed by atoms with van der Waals surface area (Å²) in [6.45, 7) is 11.2. The van der Waals surface area contributed by atoms with Gasteiger partial charge in [-0.2, -0.15) is 0 Å². The van der Waals surface area contributed by atoms with Gasteiger partial charge in [-0.1, -0.05) is 13.0 Å². The van der Waals surface area contributed by atoms with Crippen molar-refractivity contribution in [3.05, 3.63) is 87.6 Å². The third kappa shape index (κ3) is 10.3. The standard InChI is InChI=1S/C59H70FN7O9S/c1-8-42-14-16-51(77-42)57-67-46-15-13-35(40-25-44(61-29-40)47-11-9-17-65(47)55(68)53(63-58(70)72-6)38-19-31(2)74-32(3)20-38)23-37(46)27-49(67)52-43(60)24-36(28-50(52)76-57)41-26-45(62-30-41)48-12-10-18-66(48)56(69)54(64-59(71)73-7)39-21-33(4)75-34(5)22-39/h13-16,23-24,27-34,38-39,47-48,53-54,57H,8-12,17-22,25-26H2,1-7H3,(H,63,70)(H,64,71)/t31-,32+,33-,34+,38?,39?,47-,48-,53?,54?,57?/m0/s1. The molecule has 408 valence electrons. The summed E-state index contributed by atoms with van der Waals surface area (Å²) < 4.78 is 48.1. The Kier molecular flexibility index (Phi) is 14.9. The minimum absolute atomic E-state index is 0.0385. The number of carbonyl (C=O) groups is 4. The number of thiophene rings is 1. The summed E-state index contributed by atoms with van der Waals surface area (Å²) >= 11 is 1.68. The van der Waals surface area contributed by atoms with Crippen LogP contribution in [0.15, 0.2) is 70.9 Å². The number of hydrogen-bond acceptors (Lipinski definition) is 12. The number of fused-ring (bicyclic) bond motifs is 5. The predicted octanol–water partition coefficient (Wildman–Crippen LogP) is 10.2. The number of aromatic nitrogens is 1. The number of aliphatic imine (C=N–C) groups is 2. The van der Waals surface area contributed by atoms with Gasteiger partial charge in [-0.05, 0) is 162 Å². The summed E-state index contributed by atoms with van der Waals surface area (Å²) in [5.74, 6) is -0.470. The summed E-state index contributed by atoms with van der Waals surface area (Å²) in [6, 6.07) is 14.1. The van der Waals surface area contributed by atoms with Crippen molar-refractivity contribution in [2.75, 3.05) is 27.3 Å². The zero-order chi connectivity index (χ0) is 53.8. The number of nitrogens with one attached hydrogen (secondary N) is 2. The molecule has 4 amide bonds. The topological polar surface area (TPSA) is 175 Å². The Morgan fingerprint density at radius 3 is 1.79 bits per heavy atom. The molecule has 4 aromatic rings.